The van der Waals surface area contributed by atoms with E-state index in [1.165, 1.54) is 35.6 Å². The molecule has 34 heavy (non-hydrogen) atoms. The van der Waals surface area contributed by atoms with Gasteiger partial charge in [-0.25, -0.2) is 13.2 Å². The number of imide groups is 1. The van der Waals surface area contributed by atoms with E-state index in [4.69, 9.17) is 0 Å². The second kappa shape index (κ2) is 9.55. The minimum atomic E-state index is -3.70. The van der Waals surface area contributed by atoms with E-state index in [-0.39, 0.29) is 36.2 Å². The minimum Gasteiger partial charge on any atom is -0.326 e. The molecule has 1 spiro atoms. The summed E-state index contributed by atoms with van der Waals surface area (Å²) in [6.45, 7) is 0.237. The number of hydrogen-bond donors (Lipinski definition) is 2. The molecule has 2 aliphatic rings. The fourth-order valence-corrected chi connectivity index (χ4v) is 5.61. The molecule has 1 aliphatic heterocycles. The van der Waals surface area contributed by atoms with Crippen LogP contribution < -0.4 is 10.6 Å². The van der Waals surface area contributed by atoms with Crippen molar-refractivity contribution in [2.24, 2.45) is 0 Å². The first kappa shape index (κ1) is 23.9. The second-order valence-corrected chi connectivity index (χ2v) is 10.8. The number of amides is 4. The summed E-state index contributed by atoms with van der Waals surface area (Å²) in [4.78, 5) is 38.5. The van der Waals surface area contributed by atoms with Crippen molar-refractivity contribution in [3.63, 3.8) is 0 Å². The van der Waals surface area contributed by atoms with Crippen molar-refractivity contribution in [3.8, 4) is 0 Å². The molecule has 0 atom stereocenters. The quantitative estimate of drug-likeness (QED) is 0.559. The molecule has 1 aliphatic carbocycles. The van der Waals surface area contributed by atoms with Crippen LogP contribution in [-0.2, 0) is 26.2 Å². The van der Waals surface area contributed by atoms with Gasteiger partial charge in [0.1, 0.15) is 5.54 Å². The van der Waals surface area contributed by atoms with Gasteiger partial charge in [0, 0.05) is 32.2 Å². The Balaban J connectivity index is 1.32. The van der Waals surface area contributed by atoms with E-state index in [1.54, 1.807) is 0 Å². The lowest BCUT2D eigenvalue weighted by Gasteiger charge is -2.20. The molecular formula is C24H28N4O5S. The first-order valence-electron chi connectivity index (χ1n) is 11.3. The third-order valence-electron chi connectivity index (χ3n) is 6.36. The number of sulfonamides is 1. The van der Waals surface area contributed by atoms with Gasteiger partial charge in [-0.05, 0) is 42.7 Å². The molecule has 2 aromatic carbocycles. The fourth-order valence-electron chi connectivity index (χ4n) is 4.45. The number of benzene rings is 2. The molecule has 1 saturated heterocycles. The Labute approximate surface area is 199 Å². The van der Waals surface area contributed by atoms with Crippen LogP contribution in [0.4, 0.5) is 10.5 Å². The molecule has 1 heterocycles. The molecule has 4 rings (SSSR count). The molecule has 1 saturated carbocycles. The number of anilines is 1. The molecule has 2 N–H and O–H groups in total. The summed E-state index contributed by atoms with van der Waals surface area (Å²) in [6, 6.07) is 14.8. The minimum absolute atomic E-state index is 0.00497. The number of nitrogens with zero attached hydrogens (tertiary/aromatic N) is 2. The smallest absolute Gasteiger partial charge is 0.325 e. The lowest BCUT2D eigenvalue weighted by atomic mass is 9.98. The van der Waals surface area contributed by atoms with Crippen LogP contribution in [0.15, 0.2) is 59.5 Å². The highest BCUT2D eigenvalue weighted by molar-refractivity contribution is 7.89. The van der Waals surface area contributed by atoms with Gasteiger partial charge < -0.3 is 10.6 Å². The van der Waals surface area contributed by atoms with Gasteiger partial charge in [-0.3, -0.25) is 14.5 Å². The summed E-state index contributed by atoms with van der Waals surface area (Å²) < 4.78 is 27.0. The summed E-state index contributed by atoms with van der Waals surface area (Å²) in [5.74, 6) is -0.623. The Bertz CT molecular complexity index is 1180. The highest BCUT2D eigenvalue weighted by Crippen LogP contribution is 2.35. The molecule has 2 fully saturated rings. The van der Waals surface area contributed by atoms with Crippen LogP contribution in [0.2, 0.25) is 0 Å². The predicted octanol–water partition coefficient (Wildman–Crippen LogP) is 2.70. The van der Waals surface area contributed by atoms with Crippen molar-refractivity contribution in [1.29, 1.82) is 0 Å². The molecule has 0 bridgehead atoms. The number of urea groups is 1. The Morgan fingerprint density at radius 2 is 1.71 bits per heavy atom. The average Bonchev–Trinajstić information content (AvgIpc) is 3.38. The summed E-state index contributed by atoms with van der Waals surface area (Å²) >= 11 is 0. The Morgan fingerprint density at radius 1 is 1.06 bits per heavy atom. The SMILES string of the molecule is CN(Cc1ccccc1)S(=O)(=O)c1ccc(NC(=O)CCN2C(=O)NC3(CCCC3)C2=O)cc1. The largest absolute Gasteiger partial charge is 0.326 e. The highest BCUT2D eigenvalue weighted by Gasteiger charge is 2.52. The zero-order valence-electron chi connectivity index (χ0n) is 19.0. The third-order valence-corrected chi connectivity index (χ3v) is 8.18. The van der Waals surface area contributed by atoms with E-state index in [2.05, 4.69) is 10.6 Å². The van der Waals surface area contributed by atoms with Gasteiger partial charge in [0.15, 0.2) is 0 Å². The van der Waals surface area contributed by atoms with Crippen LogP contribution in [0.3, 0.4) is 0 Å². The lowest BCUT2D eigenvalue weighted by molar-refractivity contribution is -0.131. The number of nitrogens with one attached hydrogen (secondary N) is 2. The van der Waals surface area contributed by atoms with Crippen LogP contribution >= 0.6 is 0 Å². The molecule has 180 valence electrons. The van der Waals surface area contributed by atoms with E-state index in [9.17, 15) is 22.8 Å². The fraction of sp³-hybridized carbons (Fsp3) is 0.375. The molecule has 2 aromatic rings. The Hall–Kier alpha value is -3.24. The van der Waals surface area contributed by atoms with Crippen LogP contribution in [-0.4, -0.2) is 54.6 Å². The lowest BCUT2D eigenvalue weighted by Crippen LogP contribution is -2.44. The summed E-state index contributed by atoms with van der Waals surface area (Å²) in [5.41, 5.74) is 0.517. The van der Waals surface area contributed by atoms with E-state index in [1.807, 2.05) is 30.3 Å². The maximum atomic E-state index is 12.9. The zero-order chi connectivity index (χ0) is 24.3. The van der Waals surface area contributed by atoms with Gasteiger partial charge in [-0.2, -0.15) is 4.31 Å². The Morgan fingerprint density at radius 3 is 2.35 bits per heavy atom. The summed E-state index contributed by atoms with van der Waals surface area (Å²) in [6.07, 6.45) is 3.02. The van der Waals surface area contributed by atoms with Crippen molar-refractivity contribution >= 4 is 33.6 Å². The van der Waals surface area contributed by atoms with E-state index >= 15 is 0 Å². The normalized spacial score (nSPS) is 17.4. The Kier molecular flexibility index (Phi) is 6.72. The monoisotopic (exact) mass is 484 g/mol. The first-order chi connectivity index (χ1) is 16.2. The van der Waals surface area contributed by atoms with Gasteiger partial charge in [-0.1, -0.05) is 43.2 Å². The van der Waals surface area contributed by atoms with Crippen LogP contribution in [0.5, 0.6) is 0 Å². The van der Waals surface area contributed by atoms with E-state index in [0.29, 0.717) is 18.5 Å². The second-order valence-electron chi connectivity index (χ2n) is 8.75. The van der Waals surface area contributed by atoms with E-state index < -0.39 is 21.6 Å². The van der Waals surface area contributed by atoms with E-state index in [0.717, 1.165) is 23.3 Å². The molecule has 0 radical (unpaired) electrons. The van der Waals surface area contributed by atoms with Crippen LogP contribution in [0, 0.1) is 0 Å². The maximum absolute atomic E-state index is 12.9. The molecule has 0 aromatic heterocycles. The number of carbonyl (C=O) groups is 3. The van der Waals surface area contributed by atoms with Gasteiger partial charge >= 0.3 is 6.03 Å². The standard InChI is InChI=1S/C24H28N4O5S/c1-27(17-18-7-3-2-4-8-18)34(32,33)20-11-9-19(10-12-20)25-21(29)13-16-28-22(30)24(26-23(28)31)14-5-6-15-24/h2-4,7-12H,5-6,13-17H2,1H3,(H,25,29)(H,26,31). The summed E-state index contributed by atoms with van der Waals surface area (Å²) in [5, 5.41) is 5.48. The molecule has 9 nitrogen and oxygen atoms in total. The molecule has 0 unspecified atom stereocenters. The summed E-state index contributed by atoms with van der Waals surface area (Å²) in [7, 11) is -2.18. The molecular weight excluding hydrogens is 456 g/mol. The average molecular weight is 485 g/mol. The van der Waals surface area contributed by atoms with Gasteiger partial charge in [-0.15, -0.1) is 0 Å². The van der Waals surface area contributed by atoms with Crippen molar-refractivity contribution in [3.05, 3.63) is 60.2 Å². The third kappa shape index (κ3) is 4.83. The topological polar surface area (TPSA) is 116 Å². The predicted molar refractivity (Wildman–Crippen MR) is 126 cm³/mol. The first-order valence-corrected chi connectivity index (χ1v) is 12.7. The zero-order valence-corrected chi connectivity index (χ0v) is 19.8. The van der Waals surface area contributed by atoms with Crippen molar-refractivity contribution in [2.45, 2.75) is 49.1 Å². The number of rotatable bonds is 8. The molecule has 4 amide bonds. The number of carbonyl (C=O) groups excluding carboxylic acids is 3. The van der Waals surface area contributed by atoms with Gasteiger partial charge in [0.05, 0.1) is 4.90 Å². The van der Waals surface area contributed by atoms with Gasteiger partial charge in [0.2, 0.25) is 15.9 Å². The van der Waals surface area contributed by atoms with Crippen molar-refractivity contribution in [2.75, 3.05) is 18.9 Å². The van der Waals surface area contributed by atoms with Crippen LogP contribution in [0.25, 0.3) is 0 Å². The van der Waals surface area contributed by atoms with Crippen molar-refractivity contribution < 1.29 is 22.8 Å². The van der Waals surface area contributed by atoms with Gasteiger partial charge in [0.25, 0.3) is 5.91 Å². The molecule has 10 heteroatoms. The number of hydrogen-bond acceptors (Lipinski definition) is 5. The van der Waals surface area contributed by atoms with Crippen LogP contribution in [0.1, 0.15) is 37.7 Å². The highest BCUT2D eigenvalue weighted by atomic mass is 32.2. The maximum Gasteiger partial charge on any atom is 0.325 e. The van der Waals surface area contributed by atoms with Crippen molar-refractivity contribution in [1.82, 2.24) is 14.5 Å².